The van der Waals surface area contributed by atoms with Gasteiger partial charge in [-0.1, -0.05) is 29.8 Å². The fourth-order valence-electron chi connectivity index (χ4n) is 4.16. The molecule has 0 bridgehead atoms. The summed E-state index contributed by atoms with van der Waals surface area (Å²) in [5.41, 5.74) is 0.0688. The molecular weight excluding hydrogens is 431 g/mol. The predicted octanol–water partition coefficient (Wildman–Crippen LogP) is 4.49. The van der Waals surface area contributed by atoms with Crippen molar-refractivity contribution >= 4 is 52.1 Å². The smallest absolute Gasteiger partial charge is 0.346 e. The number of carbonyl (C=O) groups is 3. The molecule has 5 rings (SSSR count). The number of carboxylic acid groups (broad SMARTS) is 1. The second kappa shape index (κ2) is 6.38. The van der Waals surface area contributed by atoms with E-state index in [0.717, 1.165) is 11.3 Å². The molecule has 1 aromatic heterocycles. The van der Waals surface area contributed by atoms with Gasteiger partial charge in [0.1, 0.15) is 16.1 Å². The van der Waals surface area contributed by atoms with E-state index in [-0.39, 0.29) is 22.5 Å². The molecule has 0 saturated carbocycles. The van der Waals surface area contributed by atoms with Crippen molar-refractivity contribution in [1.82, 2.24) is 0 Å². The molecule has 3 aromatic rings. The molecule has 1 atom stereocenters. The number of aromatic carboxylic acids is 1. The summed E-state index contributed by atoms with van der Waals surface area (Å²) in [4.78, 5) is 38.2. The Morgan fingerprint density at radius 3 is 2.67 bits per heavy atom. The van der Waals surface area contributed by atoms with Gasteiger partial charge in [-0.05, 0) is 29.8 Å². The Morgan fingerprint density at radius 1 is 1.17 bits per heavy atom. The Bertz CT molecular complexity index is 1290. The van der Waals surface area contributed by atoms with Crippen molar-refractivity contribution < 1.29 is 23.9 Å². The lowest BCUT2D eigenvalue weighted by atomic mass is 9.74. The fourth-order valence-corrected chi connectivity index (χ4v) is 5.70. The van der Waals surface area contributed by atoms with E-state index < -0.39 is 29.0 Å². The topological polar surface area (TPSA) is 95.5 Å². The molecule has 150 valence electrons. The monoisotopic (exact) mass is 442 g/mol. The average molecular weight is 443 g/mol. The third kappa shape index (κ3) is 2.44. The SMILES string of the molecule is O=C1C[C@@]2(C(=O)Nc3ccc(F)cc32)c2sc(C(=O)O)c(-c3ccccc3Cl)c2N1. The van der Waals surface area contributed by atoms with Crippen LogP contribution in [0, 0.1) is 5.82 Å². The molecule has 30 heavy (non-hydrogen) atoms. The number of rotatable bonds is 2. The summed E-state index contributed by atoms with van der Waals surface area (Å²) >= 11 is 7.21. The quantitative estimate of drug-likeness (QED) is 0.545. The van der Waals surface area contributed by atoms with E-state index in [1.807, 2.05) is 0 Å². The molecule has 3 N–H and O–H groups in total. The zero-order valence-electron chi connectivity index (χ0n) is 15.1. The Balaban J connectivity index is 1.88. The van der Waals surface area contributed by atoms with Gasteiger partial charge in [-0.15, -0.1) is 11.3 Å². The number of carbonyl (C=O) groups excluding carboxylic acids is 2. The van der Waals surface area contributed by atoms with Gasteiger partial charge in [0.15, 0.2) is 0 Å². The first kappa shape index (κ1) is 18.8. The highest BCUT2D eigenvalue weighted by Gasteiger charge is 2.55. The van der Waals surface area contributed by atoms with Gasteiger partial charge in [0.2, 0.25) is 11.8 Å². The third-order valence-corrected chi connectivity index (χ3v) is 7.07. The van der Waals surface area contributed by atoms with Gasteiger partial charge in [0.25, 0.3) is 0 Å². The van der Waals surface area contributed by atoms with Gasteiger partial charge in [-0.25, -0.2) is 9.18 Å². The van der Waals surface area contributed by atoms with Gasteiger partial charge >= 0.3 is 5.97 Å². The van der Waals surface area contributed by atoms with Crippen molar-refractivity contribution in [3.8, 4) is 11.1 Å². The van der Waals surface area contributed by atoms with E-state index in [9.17, 15) is 23.9 Å². The highest BCUT2D eigenvalue weighted by atomic mass is 35.5. The summed E-state index contributed by atoms with van der Waals surface area (Å²) in [5, 5.41) is 15.6. The number of fused-ring (bicyclic) bond motifs is 4. The van der Waals surface area contributed by atoms with Crippen LogP contribution in [0.4, 0.5) is 15.8 Å². The molecular formula is C21H12ClFN2O4S. The maximum absolute atomic E-state index is 14.1. The summed E-state index contributed by atoms with van der Waals surface area (Å²) < 4.78 is 14.1. The summed E-state index contributed by atoms with van der Waals surface area (Å²) in [5.74, 6) is -2.74. The van der Waals surface area contributed by atoms with E-state index in [1.165, 1.54) is 18.2 Å². The van der Waals surface area contributed by atoms with E-state index in [1.54, 1.807) is 24.3 Å². The van der Waals surface area contributed by atoms with Crippen LogP contribution in [0.5, 0.6) is 0 Å². The van der Waals surface area contributed by atoms with E-state index in [0.29, 0.717) is 26.7 Å². The number of hydrogen-bond donors (Lipinski definition) is 3. The molecule has 2 amide bonds. The zero-order chi connectivity index (χ0) is 21.2. The highest BCUT2D eigenvalue weighted by molar-refractivity contribution is 7.15. The number of carboxylic acids is 1. The Morgan fingerprint density at radius 2 is 1.93 bits per heavy atom. The molecule has 0 aliphatic carbocycles. The van der Waals surface area contributed by atoms with Crippen LogP contribution >= 0.6 is 22.9 Å². The van der Waals surface area contributed by atoms with Crippen molar-refractivity contribution in [3.05, 3.63) is 68.6 Å². The normalized spacial score (nSPS) is 19.3. The largest absolute Gasteiger partial charge is 0.477 e. The maximum Gasteiger partial charge on any atom is 0.346 e. The van der Waals surface area contributed by atoms with Crippen molar-refractivity contribution in [3.63, 3.8) is 0 Å². The van der Waals surface area contributed by atoms with E-state index in [4.69, 9.17) is 11.6 Å². The van der Waals surface area contributed by atoms with Gasteiger partial charge in [0.05, 0.1) is 17.0 Å². The molecule has 0 saturated heterocycles. The van der Waals surface area contributed by atoms with Gasteiger partial charge in [0, 0.05) is 21.8 Å². The predicted molar refractivity (Wildman–Crippen MR) is 111 cm³/mol. The number of thiophene rings is 1. The minimum atomic E-state index is -1.51. The number of hydrogen-bond acceptors (Lipinski definition) is 4. The second-order valence-electron chi connectivity index (χ2n) is 7.07. The molecule has 2 aromatic carbocycles. The van der Waals surface area contributed by atoms with Crippen LogP contribution in [-0.4, -0.2) is 22.9 Å². The number of amides is 2. The van der Waals surface area contributed by atoms with Crippen molar-refractivity contribution in [2.75, 3.05) is 10.6 Å². The number of anilines is 2. The minimum Gasteiger partial charge on any atom is -0.477 e. The zero-order valence-corrected chi connectivity index (χ0v) is 16.7. The molecule has 2 aliphatic rings. The van der Waals surface area contributed by atoms with Crippen molar-refractivity contribution in [1.29, 1.82) is 0 Å². The number of halogens is 2. The van der Waals surface area contributed by atoms with Gasteiger partial charge in [-0.3, -0.25) is 9.59 Å². The Labute approximate surface area is 178 Å². The lowest BCUT2D eigenvalue weighted by Crippen LogP contribution is -2.42. The van der Waals surface area contributed by atoms with Crippen molar-refractivity contribution in [2.45, 2.75) is 11.8 Å². The van der Waals surface area contributed by atoms with Gasteiger partial charge < -0.3 is 15.7 Å². The first-order valence-electron chi connectivity index (χ1n) is 8.89. The van der Waals surface area contributed by atoms with Crippen LogP contribution in [0.2, 0.25) is 5.02 Å². The summed E-state index contributed by atoms with van der Waals surface area (Å²) in [6, 6.07) is 10.5. The van der Waals surface area contributed by atoms with Gasteiger partial charge in [-0.2, -0.15) is 0 Å². The van der Waals surface area contributed by atoms with E-state index in [2.05, 4.69) is 10.6 Å². The van der Waals surface area contributed by atoms with Crippen LogP contribution in [0.15, 0.2) is 42.5 Å². The first-order valence-corrected chi connectivity index (χ1v) is 10.1. The summed E-state index contributed by atoms with van der Waals surface area (Å²) in [6.45, 7) is 0. The number of nitrogens with one attached hydrogen (secondary N) is 2. The molecule has 0 unspecified atom stereocenters. The third-order valence-electron chi connectivity index (χ3n) is 5.40. The lowest BCUT2D eigenvalue weighted by Gasteiger charge is -2.31. The molecule has 6 nitrogen and oxygen atoms in total. The lowest BCUT2D eigenvalue weighted by molar-refractivity contribution is -0.125. The minimum absolute atomic E-state index is 0.0627. The molecule has 3 heterocycles. The van der Waals surface area contributed by atoms with Crippen LogP contribution in [-0.2, 0) is 15.0 Å². The highest BCUT2D eigenvalue weighted by Crippen LogP contribution is 2.56. The Kier molecular flexibility index (Phi) is 4.00. The molecule has 9 heteroatoms. The summed E-state index contributed by atoms with van der Waals surface area (Å²) in [7, 11) is 0. The molecule has 1 spiro atoms. The maximum atomic E-state index is 14.1. The van der Waals surface area contributed by atoms with Crippen LogP contribution in [0.25, 0.3) is 11.1 Å². The fraction of sp³-hybridized carbons (Fsp3) is 0.0952. The average Bonchev–Trinajstić information content (AvgIpc) is 3.20. The molecule has 2 aliphatic heterocycles. The van der Waals surface area contributed by atoms with Crippen LogP contribution in [0.1, 0.15) is 26.5 Å². The molecule has 0 radical (unpaired) electrons. The van der Waals surface area contributed by atoms with E-state index >= 15 is 0 Å². The standard InChI is InChI=1S/C21H12ClFN2O4S/c22-12-4-2-1-3-10(12)15-16-18(30-17(15)19(27)28)21(8-14(26)25-16)11-7-9(23)5-6-13(11)24-20(21)29/h1-7H,8H2,(H,24,29)(H,25,26)(H,27,28)/t21-/m0/s1. The second-order valence-corrected chi connectivity index (χ2v) is 8.50. The molecule has 0 fully saturated rings. The first-order chi connectivity index (χ1) is 14.3. The van der Waals surface area contributed by atoms with Crippen molar-refractivity contribution in [2.24, 2.45) is 0 Å². The van der Waals surface area contributed by atoms with Crippen LogP contribution < -0.4 is 10.6 Å². The number of benzene rings is 2. The summed E-state index contributed by atoms with van der Waals surface area (Å²) in [6.07, 6.45) is -0.260. The van der Waals surface area contributed by atoms with Crippen LogP contribution in [0.3, 0.4) is 0 Å². The Hall–Kier alpha value is -3.23.